The van der Waals surface area contributed by atoms with Gasteiger partial charge in [0.2, 0.25) is 0 Å². The lowest BCUT2D eigenvalue weighted by atomic mass is 9.63. The van der Waals surface area contributed by atoms with Crippen molar-refractivity contribution in [1.29, 1.82) is 0 Å². The molecule has 0 saturated carbocycles. The second kappa shape index (κ2) is 8.98. The molecule has 0 atom stereocenters. The van der Waals surface area contributed by atoms with Crippen LogP contribution in [0.2, 0.25) is 5.02 Å². The van der Waals surface area contributed by atoms with Crippen LogP contribution in [0.4, 0.5) is 0 Å². The molecular weight excluding hydrogens is 466 g/mol. The van der Waals surface area contributed by atoms with Gasteiger partial charge < -0.3 is 14.7 Å². The number of hydrogen-bond acceptors (Lipinski definition) is 5. The normalized spacial score (nSPS) is 21.6. The van der Waals surface area contributed by atoms with Gasteiger partial charge in [-0.15, -0.1) is 0 Å². The van der Waals surface area contributed by atoms with E-state index in [0.717, 1.165) is 0 Å². The van der Waals surface area contributed by atoms with E-state index < -0.39 is 11.9 Å². The quantitative estimate of drug-likeness (QED) is 0.509. The smallest absolute Gasteiger partial charge is 0.323 e. The molecule has 0 bridgehead atoms. The molecule has 1 aliphatic heterocycles. The summed E-state index contributed by atoms with van der Waals surface area (Å²) >= 11 is 6.42. The van der Waals surface area contributed by atoms with Crippen LogP contribution in [-0.4, -0.2) is 40.7 Å². The lowest BCUT2D eigenvalue weighted by Gasteiger charge is -2.48. The summed E-state index contributed by atoms with van der Waals surface area (Å²) in [4.78, 5) is 41.1. The van der Waals surface area contributed by atoms with Gasteiger partial charge in [-0.05, 0) is 41.9 Å². The van der Waals surface area contributed by atoms with Gasteiger partial charge in [0.05, 0.1) is 0 Å². The zero-order valence-electron chi connectivity index (χ0n) is 20.7. The third-order valence-electron chi connectivity index (χ3n) is 6.95. The van der Waals surface area contributed by atoms with Crippen LogP contribution in [0.25, 0.3) is 0 Å². The molecule has 0 aromatic heterocycles. The Morgan fingerprint density at radius 1 is 1.09 bits per heavy atom. The van der Waals surface area contributed by atoms with E-state index in [1.807, 2.05) is 27.7 Å². The molecule has 35 heavy (non-hydrogen) atoms. The highest BCUT2D eigenvalue weighted by Crippen LogP contribution is 2.55. The van der Waals surface area contributed by atoms with E-state index in [0.29, 0.717) is 64.6 Å². The van der Waals surface area contributed by atoms with Gasteiger partial charge in [0.1, 0.15) is 18.9 Å². The second-order valence-electron chi connectivity index (χ2n) is 11.3. The van der Waals surface area contributed by atoms with Crippen molar-refractivity contribution in [3.8, 4) is 5.75 Å². The molecule has 3 aliphatic rings. The summed E-state index contributed by atoms with van der Waals surface area (Å²) in [5, 5.41) is 10.3. The van der Waals surface area contributed by atoms with Gasteiger partial charge in [0, 0.05) is 51.9 Å². The minimum Gasteiger partial charge on any atom is -0.489 e. The van der Waals surface area contributed by atoms with E-state index in [-0.39, 0.29) is 35.5 Å². The topological polar surface area (TPSA) is 83.9 Å². The molecule has 7 heteroatoms. The second-order valence-corrected chi connectivity index (χ2v) is 11.7. The van der Waals surface area contributed by atoms with Crippen molar-refractivity contribution in [2.75, 3.05) is 13.2 Å². The fourth-order valence-corrected chi connectivity index (χ4v) is 5.89. The Kier molecular flexibility index (Phi) is 6.47. The molecule has 6 nitrogen and oxygen atoms in total. The summed E-state index contributed by atoms with van der Waals surface area (Å²) in [5.74, 6) is -1.28. The summed E-state index contributed by atoms with van der Waals surface area (Å²) in [6.45, 7) is 11.7. The van der Waals surface area contributed by atoms with Crippen LogP contribution < -0.4 is 4.74 Å². The first kappa shape index (κ1) is 25.2. The number of ether oxygens (including phenoxy) is 1. The fraction of sp³-hybridized carbons (Fsp3) is 0.464. The maximum atomic E-state index is 13.7. The zero-order chi connectivity index (χ0) is 25.7. The molecule has 0 saturated heterocycles. The predicted octanol–water partition coefficient (Wildman–Crippen LogP) is 5.68. The predicted molar refractivity (Wildman–Crippen MR) is 134 cm³/mol. The number of rotatable bonds is 6. The van der Waals surface area contributed by atoms with Crippen molar-refractivity contribution in [2.45, 2.75) is 59.3 Å². The molecule has 0 unspecified atom stereocenters. The number of hydrogen-bond donors (Lipinski definition) is 1. The number of Topliss-reactive ketones (excluding diaryl/α,β-unsaturated/α-hetero) is 2. The van der Waals surface area contributed by atoms with Gasteiger partial charge in [-0.25, -0.2) is 0 Å². The van der Waals surface area contributed by atoms with E-state index in [1.165, 1.54) is 0 Å². The minimum absolute atomic E-state index is 0.0736. The number of benzene rings is 1. The summed E-state index contributed by atoms with van der Waals surface area (Å²) < 4.78 is 5.95. The fourth-order valence-electron chi connectivity index (χ4n) is 5.71. The Labute approximate surface area is 211 Å². The standard InChI is InChI=1S/C28H32ClNO5/c1-6-9-35-22-8-7-16(29)10-17(22)24-25-18(11-27(2,3)13-20(25)31)30(15-23(33)34)19-12-28(4,5)14-21(32)26(19)24/h6-8,10,24H,1,9,11-15H2,2-5H3,(H,33,34). The van der Waals surface area contributed by atoms with Crippen LogP contribution in [0, 0.1) is 10.8 Å². The van der Waals surface area contributed by atoms with Crippen molar-refractivity contribution in [1.82, 2.24) is 4.90 Å². The molecule has 0 fully saturated rings. The molecule has 1 N–H and O–H groups in total. The number of carbonyl (C=O) groups is 3. The molecule has 1 heterocycles. The zero-order valence-corrected chi connectivity index (χ0v) is 21.5. The Morgan fingerprint density at radius 3 is 2.11 bits per heavy atom. The lowest BCUT2D eigenvalue weighted by molar-refractivity contribution is -0.138. The van der Waals surface area contributed by atoms with Crippen molar-refractivity contribution in [2.24, 2.45) is 10.8 Å². The van der Waals surface area contributed by atoms with Gasteiger partial charge in [-0.3, -0.25) is 14.4 Å². The van der Waals surface area contributed by atoms with Crippen molar-refractivity contribution < 1.29 is 24.2 Å². The number of nitrogens with zero attached hydrogens (tertiary/aromatic N) is 1. The average Bonchev–Trinajstić information content (AvgIpc) is 2.72. The van der Waals surface area contributed by atoms with E-state index in [1.54, 1.807) is 29.2 Å². The van der Waals surface area contributed by atoms with Crippen LogP contribution in [0.15, 0.2) is 53.4 Å². The molecule has 186 valence electrons. The highest BCUT2D eigenvalue weighted by atomic mass is 35.5. The number of halogens is 1. The highest BCUT2D eigenvalue weighted by molar-refractivity contribution is 6.30. The molecule has 0 radical (unpaired) electrons. The molecule has 2 aliphatic carbocycles. The largest absolute Gasteiger partial charge is 0.489 e. The van der Waals surface area contributed by atoms with Crippen LogP contribution in [-0.2, 0) is 14.4 Å². The number of aliphatic carboxylic acids is 1. The number of carboxylic acids is 1. The monoisotopic (exact) mass is 497 g/mol. The Balaban J connectivity index is 2.04. The van der Waals surface area contributed by atoms with Crippen molar-refractivity contribution in [3.05, 3.63) is 64.0 Å². The first-order valence-corrected chi connectivity index (χ1v) is 12.3. The Bertz CT molecular complexity index is 1140. The number of ketones is 2. The first-order chi connectivity index (χ1) is 16.3. The van der Waals surface area contributed by atoms with Gasteiger partial charge in [0.25, 0.3) is 0 Å². The van der Waals surface area contributed by atoms with Gasteiger partial charge in [-0.2, -0.15) is 0 Å². The lowest BCUT2D eigenvalue weighted by Crippen LogP contribution is -2.45. The van der Waals surface area contributed by atoms with Crippen LogP contribution in [0.5, 0.6) is 5.75 Å². The van der Waals surface area contributed by atoms with Gasteiger partial charge >= 0.3 is 5.97 Å². The van der Waals surface area contributed by atoms with E-state index >= 15 is 0 Å². The number of allylic oxidation sites excluding steroid dienone is 4. The maximum absolute atomic E-state index is 13.7. The van der Waals surface area contributed by atoms with Crippen LogP contribution >= 0.6 is 11.6 Å². The minimum atomic E-state index is -1.01. The van der Waals surface area contributed by atoms with Crippen LogP contribution in [0.1, 0.15) is 64.9 Å². The molecular formula is C28H32ClNO5. The average molecular weight is 498 g/mol. The SMILES string of the molecule is C=CCOc1ccc(Cl)cc1C1C2=C(CC(C)(C)CC2=O)N(CC(=O)O)C2=C1C(=O)CC(C)(C)C2. The summed E-state index contributed by atoms with van der Waals surface area (Å²) in [6.07, 6.45) is 3.33. The van der Waals surface area contributed by atoms with Crippen molar-refractivity contribution >= 4 is 29.1 Å². The Hall–Kier alpha value is -2.86. The van der Waals surface area contributed by atoms with E-state index in [9.17, 15) is 19.5 Å². The summed E-state index contributed by atoms with van der Waals surface area (Å²) in [7, 11) is 0. The molecule has 1 aromatic carbocycles. The summed E-state index contributed by atoms with van der Waals surface area (Å²) in [6, 6.07) is 5.22. The number of carboxylic acid groups (broad SMARTS) is 1. The maximum Gasteiger partial charge on any atom is 0.323 e. The summed E-state index contributed by atoms with van der Waals surface area (Å²) in [5.41, 5.74) is 2.34. The molecule has 0 spiro atoms. The molecule has 4 rings (SSSR count). The van der Waals surface area contributed by atoms with Gasteiger partial charge in [0.15, 0.2) is 11.6 Å². The Morgan fingerprint density at radius 2 is 1.63 bits per heavy atom. The van der Waals surface area contributed by atoms with Crippen molar-refractivity contribution in [3.63, 3.8) is 0 Å². The van der Waals surface area contributed by atoms with Gasteiger partial charge in [-0.1, -0.05) is 52.0 Å². The third-order valence-corrected chi connectivity index (χ3v) is 7.19. The first-order valence-electron chi connectivity index (χ1n) is 11.9. The number of carbonyl (C=O) groups excluding carboxylic acids is 2. The third kappa shape index (κ3) is 4.81. The highest BCUT2D eigenvalue weighted by Gasteiger charge is 2.49. The van der Waals surface area contributed by atoms with E-state index in [2.05, 4.69) is 6.58 Å². The van der Waals surface area contributed by atoms with Crippen LogP contribution in [0.3, 0.4) is 0 Å². The molecule has 0 amide bonds. The van der Waals surface area contributed by atoms with E-state index in [4.69, 9.17) is 16.3 Å². The molecule has 1 aromatic rings.